The summed E-state index contributed by atoms with van der Waals surface area (Å²) in [5, 5.41) is 7.06. The molecule has 0 aliphatic carbocycles. The van der Waals surface area contributed by atoms with Gasteiger partial charge in [0.2, 0.25) is 0 Å². The first-order valence-corrected chi connectivity index (χ1v) is 6.42. The molecular formula is C12H24N2O2. The molecule has 2 N–H and O–H groups in total. The maximum absolute atomic E-state index is 5.58. The smallest absolute Gasteiger partial charge is 0.106 e. The molecule has 4 heteroatoms. The summed E-state index contributed by atoms with van der Waals surface area (Å²) >= 11 is 0. The second kappa shape index (κ2) is 5.96. The molecule has 2 unspecified atom stereocenters. The molecule has 2 rings (SSSR count). The number of ether oxygens (including phenoxy) is 2. The quantitative estimate of drug-likeness (QED) is 0.720. The van der Waals surface area contributed by atoms with Gasteiger partial charge in [0.05, 0.1) is 6.61 Å². The van der Waals surface area contributed by atoms with Crippen LogP contribution in [0.3, 0.4) is 0 Å². The van der Waals surface area contributed by atoms with Crippen molar-refractivity contribution in [1.29, 1.82) is 0 Å². The third-order valence-electron chi connectivity index (χ3n) is 3.75. The van der Waals surface area contributed by atoms with Gasteiger partial charge in [-0.1, -0.05) is 6.42 Å². The highest BCUT2D eigenvalue weighted by atomic mass is 16.5. The summed E-state index contributed by atoms with van der Waals surface area (Å²) in [7, 11) is 1.79. The first-order chi connectivity index (χ1) is 7.85. The fraction of sp³-hybridized carbons (Fsp3) is 1.00. The van der Waals surface area contributed by atoms with Gasteiger partial charge in [-0.05, 0) is 19.4 Å². The Kier molecular flexibility index (Phi) is 4.58. The normalized spacial score (nSPS) is 35.4. The lowest BCUT2D eigenvalue weighted by atomic mass is 10.0. The largest absolute Gasteiger partial charge is 0.378 e. The zero-order chi connectivity index (χ0) is 11.3. The molecule has 2 heterocycles. The van der Waals surface area contributed by atoms with E-state index in [4.69, 9.17) is 9.47 Å². The molecule has 0 bridgehead atoms. The third kappa shape index (κ3) is 3.17. The highest BCUT2D eigenvalue weighted by Crippen LogP contribution is 2.21. The molecule has 0 aromatic heterocycles. The van der Waals surface area contributed by atoms with Crippen LogP contribution in [0.1, 0.15) is 25.7 Å². The van der Waals surface area contributed by atoms with Gasteiger partial charge in [-0.15, -0.1) is 0 Å². The van der Waals surface area contributed by atoms with Gasteiger partial charge in [-0.25, -0.2) is 0 Å². The minimum Gasteiger partial charge on any atom is -0.378 e. The van der Waals surface area contributed by atoms with Gasteiger partial charge in [0.1, 0.15) is 5.60 Å². The Morgan fingerprint density at radius 3 is 3.06 bits per heavy atom. The van der Waals surface area contributed by atoms with E-state index in [0.717, 1.165) is 32.7 Å². The molecule has 16 heavy (non-hydrogen) atoms. The highest BCUT2D eigenvalue weighted by Gasteiger charge is 2.34. The van der Waals surface area contributed by atoms with Crippen LogP contribution in [-0.4, -0.2) is 51.6 Å². The lowest BCUT2D eigenvalue weighted by molar-refractivity contribution is -0.0160. The van der Waals surface area contributed by atoms with Crippen LogP contribution in [-0.2, 0) is 9.47 Å². The van der Waals surface area contributed by atoms with Crippen LogP contribution in [0.2, 0.25) is 0 Å². The van der Waals surface area contributed by atoms with Crippen LogP contribution in [0.25, 0.3) is 0 Å². The fourth-order valence-electron chi connectivity index (χ4n) is 2.53. The Hall–Kier alpha value is -0.160. The lowest BCUT2D eigenvalue weighted by Crippen LogP contribution is -2.48. The van der Waals surface area contributed by atoms with Crippen molar-refractivity contribution in [3.63, 3.8) is 0 Å². The number of hydrogen-bond donors (Lipinski definition) is 2. The molecule has 2 saturated heterocycles. The van der Waals surface area contributed by atoms with E-state index >= 15 is 0 Å². The van der Waals surface area contributed by atoms with Crippen molar-refractivity contribution in [3.8, 4) is 0 Å². The molecule has 2 fully saturated rings. The molecule has 0 saturated carbocycles. The Labute approximate surface area is 98.1 Å². The first kappa shape index (κ1) is 12.3. The van der Waals surface area contributed by atoms with E-state index in [1.165, 1.54) is 25.8 Å². The van der Waals surface area contributed by atoms with Crippen LogP contribution in [0.15, 0.2) is 0 Å². The van der Waals surface area contributed by atoms with Crippen molar-refractivity contribution < 1.29 is 9.47 Å². The van der Waals surface area contributed by atoms with Gasteiger partial charge in [-0.3, -0.25) is 0 Å². The van der Waals surface area contributed by atoms with Gasteiger partial charge in [0.25, 0.3) is 0 Å². The molecule has 0 aromatic carbocycles. The van der Waals surface area contributed by atoms with E-state index in [2.05, 4.69) is 10.6 Å². The first-order valence-electron chi connectivity index (χ1n) is 6.42. The topological polar surface area (TPSA) is 42.5 Å². The minimum absolute atomic E-state index is 0.0747. The Balaban J connectivity index is 1.66. The molecule has 2 aliphatic rings. The molecule has 4 nitrogen and oxygen atoms in total. The monoisotopic (exact) mass is 228 g/mol. The van der Waals surface area contributed by atoms with Crippen molar-refractivity contribution in [2.75, 3.05) is 40.0 Å². The van der Waals surface area contributed by atoms with Crippen molar-refractivity contribution >= 4 is 0 Å². The zero-order valence-corrected chi connectivity index (χ0v) is 10.3. The predicted molar refractivity (Wildman–Crippen MR) is 63.7 cm³/mol. The fourth-order valence-corrected chi connectivity index (χ4v) is 2.53. The van der Waals surface area contributed by atoms with Gasteiger partial charge >= 0.3 is 0 Å². The second-order valence-electron chi connectivity index (χ2n) is 4.97. The summed E-state index contributed by atoms with van der Waals surface area (Å²) in [6.45, 7) is 4.68. The third-order valence-corrected chi connectivity index (χ3v) is 3.75. The van der Waals surface area contributed by atoms with Gasteiger partial charge in [0, 0.05) is 39.3 Å². The molecule has 94 valence electrons. The zero-order valence-electron chi connectivity index (χ0n) is 10.3. The number of piperidine rings is 1. The predicted octanol–water partition coefficient (Wildman–Crippen LogP) is 0.524. The van der Waals surface area contributed by atoms with E-state index in [1.54, 1.807) is 7.11 Å². The summed E-state index contributed by atoms with van der Waals surface area (Å²) in [5.41, 5.74) is -0.0747. The summed E-state index contributed by atoms with van der Waals surface area (Å²) < 4.78 is 11.0. The molecule has 2 aliphatic heterocycles. The van der Waals surface area contributed by atoms with E-state index in [9.17, 15) is 0 Å². The van der Waals surface area contributed by atoms with Gasteiger partial charge < -0.3 is 20.1 Å². The van der Waals surface area contributed by atoms with Crippen molar-refractivity contribution in [2.24, 2.45) is 0 Å². The van der Waals surface area contributed by atoms with Crippen LogP contribution >= 0.6 is 0 Å². The molecule has 0 amide bonds. The Bertz CT molecular complexity index is 199. The van der Waals surface area contributed by atoms with Crippen molar-refractivity contribution in [2.45, 2.75) is 37.3 Å². The van der Waals surface area contributed by atoms with Gasteiger partial charge in [-0.2, -0.15) is 0 Å². The average Bonchev–Trinajstić information content (AvgIpc) is 2.80. The van der Waals surface area contributed by atoms with E-state index < -0.39 is 0 Å². The Morgan fingerprint density at radius 2 is 2.44 bits per heavy atom. The second-order valence-corrected chi connectivity index (χ2v) is 4.97. The van der Waals surface area contributed by atoms with Crippen molar-refractivity contribution in [3.05, 3.63) is 0 Å². The van der Waals surface area contributed by atoms with E-state index in [0.29, 0.717) is 6.04 Å². The molecule has 0 aromatic rings. The minimum atomic E-state index is -0.0747. The maximum Gasteiger partial charge on any atom is 0.106 e. The number of nitrogens with one attached hydrogen (secondary N) is 2. The summed E-state index contributed by atoms with van der Waals surface area (Å²) in [6, 6.07) is 0.643. The van der Waals surface area contributed by atoms with Gasteiger partial charge in [0.15, 0.2) is 0 Å². The summed E-state index contributed by atoms with van der Waals surface area (Å²) in [5.74, 6) is 0. The number of rotatable bonds is 5. The van der Waals surface area contributed by atoms with Crippen LogP contribution in [0, 0.1) is 0 Å². The summed E-state index contributed by atoms with van der Waals surface area (Å²) in [6.07, 6.45) is 4.99. The number of methoxy groups -OCH3 is 1. The molecule has 2 atom stereocenters. The van der Waals surface area contributed by atoms with Crippen LogP contribution in [0.4, 0.5) is 0 Å². The molecule has 0 spiro atoms. The standard InChI is InChI=1S/C12H24N2O2/c1-15-12(5-7-16-10-12)9-13-8-11-4-2-3-6-14-11/h11,13-14H,2-10H2,1H3. The molecule has 0 radical (unpaired) electrons. The number of hydrogen-bond acceptors (Lipinski definition) is 4. The highest BCUT2D eigenvalue weighted by molar-refractivity contribution is 4.87. The molecular weight excluding hydrogens is 204 g/mol. The van der Waals surface area contributed by atoms with Crippen LogP contribution < -0.4 is 10.6 Å². The van der Waals surface area contributed by atoms with Crippen LogP contribution in [0.5, 0.6) is 0 Å². The SMILES string of the molecule is COC1(CNCC2CCCCN2)CCOC1. The maximum atomic E-state index is 5.58. The van der Waals surface area contributed by atoms with E-state index in [-0.39, 0.29) is 5.60 Å². The average molecular weight is 228 g/mol. The van der Waals surface area contributed by atoms with Crippen molar-refractivity contribution in [1.82, 2.24) is 10.6 Å². The lowest BCUT2D eigenvalue weighted by Gasteiger charge is -2.29. The Morgan fingerprint density at radius 1 is 1.50 bits per heavy atom. The summed E-state index contributed by atoms with van der Waals surface area (Å²) in [4.78, 5) is 0. The van der Waals surface area contributed by atoms with E-state index in [1.807, 2.05) is 0 Å².